The predicted molar refractivity (Wildman–Crippen MR) is 90.8 cm³/mol. The fourth-order valence-electron chi connectivity index (χ4n) is 3.66. The third kappa shape index (κ3) is 2.77. The molecule has 1 atom stereocenters. The van der Waals surface area contributed by atoms with Crippen LogP contribution in [-0.4, -0.2) is 46.7 Å². The molecule has 0 aliphatic carbocycles. The van der Waals surface area contributed by atoms with Crippen LogP contribution in [0.3, 0.4) is 0 Å². The first-order chi connectivity index (χ1) is 11.6. The van der Waals surface area contributed by atoms with E-state index in [2.05, 4.69) is 23.6 Å². The van der Waals surface area contributed by atoms with Gasteiger partial charge in [0.15, 0.2) is 0 Å². The number of nitrogens with zero attached hydrogens (tertiary/aromatic N) is 2. The zero-order valence-corrected chi connectivity index (χ0v) is 14.1. The van der Waals surface area contributed by atoms with Crippen molar-refractivity contribution < 1.29 is 14.6 Å². The molecule has 0 spiro atoms. The van der Waals surface area contributed by atoms with Gasteiger partial charge in [-0.1, -0.05) is 30.3 Å². The second kappa shape index (κ2) is 5.99. The fourth-order valence-corrected chi connectivity index (χ4v) is 3.66. The molecule has 1 aromatic carbocycles. The van der Waals surface area contributed by atoms with E-state index in [1.54, 1.807) is 0 Å². The van der Waals surface area contributed by atoms with Gasteiger partial charge in [-0.25, -0.2) is 4.98 Å². The van der Waals surface area contributed by atoms with Crippen LogP contribution in [0.2, 0.25) is 0 Å². The minimum absolute atomic E-state index is 0.0174. The van der Waals surface area contributed by atoms with Gasteiger partial charge in [-0.2, -0.15) is 0 Å². The molecule has 2 saturated heterocycles. The number of hydrogen-bond acceptors (Lipinski definition) is 4. The van der Waals surface area contributed by atoms with Crippen LogP contribution < -0.4 is 0 Å². The number of aliphatic hydroxyl groups is 1. The average Bonchev–Trinajstić information content (AvgIpc) is 3.19. The van der Waals surface area contributed by atoms with Gasteiger partial charge in [-0.05, 0) is 13.3 Å². The predicted octanol–water partition coefficient (Wildman–Crippen LogP) is 2.38. The van der Waals surface area contributed by atoms with Gasteiger partial charge in [0.1, 0.15) is 0 Å². The summed E-state index contributed by atoms with van der Waals surface area (Å²) in [6.45, 7) is 5.48. The van der Waals surface area contributed by atoms with Gasteiger partial charge in [0.05, 0.1) is 48.6 Å². The Hall–Kier alpha value is -1.69. The Bertz CT molecular complexity index is 701. The lowest BCUT2D eigenvalue weighted by atomic mass is 9.82. The first-order valence-electron chi connectivity index (χ1n) is 8.59. The van der Waals surface area contributed by atoms with Gasteiger partial charge in [0, 0.05) is 25.1 Å². The molecular weight excluding hydrogens is 304 g/mol. The van der Waals surface area contributed by atoms with Crippen molar-refractivity contribution in [1.82, 2.24) is 9.55 Å². The standard InChI is InChI=1S/C19H24N2O3/c1-18(11-24-12-18)17-16(15-5-3-2-4-6-15)20-14-21(17)9-7-19(22)8-10-23-13-19/h2-6,14,22H,7-13H2,1H3. The molecule has 0 bridgehead atoms. The van der Waals surface area contributed by atoms with Crippen molar-refractivity contribution in [2.45, 2.75) is 37.3 Å². The number of benzene rings is 1. The number of rotatable bonds is 5. The highest BCUT2D eigenvalue weighted by atomic mass is 16.5. The molecule has 1 aromatic heterocycles. The van der Waals surface area contributed by atoms with Crippen LogP contribution in [-0.2, 0) is 21.4 Å². The molecule has 0 saturated carbocycles. The Labute approximate surface area is 142 Å². The zero-order chi connectivity index (χ0) is 16.6. The third-order valence-corrected chi connectivity index (χ3v) is 5.20. The lowest BCUT2D eigenvalue weighted by molar-refractivity contribution is -0.0539. The van der Waals surface area contributed by atoms with Crippen LogP contribution in [0.4, 0.5) is 0 Å². The van der Waals surface area contributed by atoms with E-state index in [0.717, 1.165) is 17.8 Å². The van der Waals surface area contributed by atoms with Crippen LogP contribution in [0.15, 0.2) is 36.7 Å². The molecule has 5 heteroatoms. The second-order valence-electron chi connectivity index (χ2n) is 7.33. The first-order valence-corrected chi connectivity index (χ1v) is 8.59. The quantitative estimate of drug-likeness (QED) is 0.915. The highest BCUT2D eigenvalue weighted by molar-refractivity contribution is 5.63. The lowest BCUT2D eigenvalue weighted by Gasteiger charge is -2.39. The Morgan fingerprint density at radius 3 is 2.58 bits per heavy atom. The molecule has 5 nitrogen and oxygen atoms in total. The maximum absolute atomic E-state index is 10.6. The highest BCUT2D eigenvalue weighted by Gasteiger charge is 2.41. The van der Waals surface area contributed by atoms with Crippen LogP contribution in [0.1, 0.15) is 25.5 Å². The Balaban J connectivity index is 1.65. The summed E-state index contributed by atoms with van der Waals surface area (Å²) in [6, 6.07) is 10.3. The Kier molecular flexibility index (Phi) is 3.95. The molecule has 1 unspecified atom stereocenters. The molecule has 1 N–H and O–H groups in total. The molecule has 24 heavy (non-hydrogen) atoms. The molecule has 2 fully saturated rings. The molecule has 128 valence electrons. The summed E-state index contributed by atoms with van der Waals surface area (Å²) in [4.78, 5) is 4.70. The average molecular weight is 328 g/mol. The van der Waals surface area contributed by atoms with Crippen LogP contribution in [0.5, 0.6) is 0 Å². The topological polar surface area (TPSA) is 56.5 Å². The number of hydrogen-bond donors (Lipinski definition) is 1. The lowest BCUT2D eigenvalue weighted by Crippen LogP contribution is -2.46. The minimum Gasteiger partial charge on any atom is -0.387 e. The second-order valence-corrected chi connectivity index (χ2v) is 7.33. The number of aryl methyl sites for hydroxylation is 1. The van der Waals surface area contributed by atoms with Crippen molar-refractivity contribution >= 4 is 0 Å². The van der Waals surface area contributed by atoms with Crippen LogP contribution >= 0.6 is 0 Å². The van der Waals surface area contributed by atoms with E-state index in [-0.39, 0.29) is 5.41 Å². The molecule has 2 aliphatic heterocycles. The number of aromatic nitrogens is 2. The molecule has 2 aliphatic rings. The molecule has 4 rings (SSSR count). The van der Waals surface area contributed by atoms with E-state index in [0.29, 0.717) is 39.3 Å². The summed E-state index contributed by atoms with van der Waals surface area (Å²) in [5, 5.41) is 10.6. The van der Waals surface area contributed by atoms with Gasteiger partial charge in [-0.3, -0.25) is 0 Å². The molecule has 0 amide bonds. The van der Waals surface area contributed by atoms with E-state index >= 15 is 0 Å². The van der Waals surface area contributed by atoms with Gasteiger partial charge >= 0.3 is 0 Å². The van der Waals surface area contributed by atoms with Crippen molar-refractivity contribution in [3.8, 4) is 11.3 Å². The number of imidazole rings is 1. The molecule has 3 heterocycles. The Morgan fingerprint density at radius 1 is 1.17 bits per heavy atom. The summed E-state index contributed by atoms with van der Waals surface area (Å²) in [5.41, 5.74) is 2.64. The van der Waals surface area contributed by atoms with E-state index in [9.17, 15) is 5.11 Å². The largest absolute Gasteiger partial charge is 0.387 e. The van der Waals surface area contributed by atoms with E-state index in [4.69, 9.17) is 14.5 Å². The summed E-state index contributed by atoms with van der Waals surface area (Å²) < 4.78 is 13.0. The minimum atomic E-state index is -0.703. The summed E-state index contributed by atoms with van der Waals surface area (Å²) in [6.07, 6.45) is 3.30. The van der Waals surface area contributed by atoms with Gasteiger partial charge in [-0.15, -0.1) is 0 Å². The van der Waals surface area contributed by atoms with Gasteiger partial charge in [0.25, 0.3) is 0 Å². The number of ether oxygens (including phenoxy) is 2. The fraction of sp³-hybridized carbons (Fsp3) is 0.526. The van der Waals surface area contributed by atoms with Gasteiger partial charge < -0.3 is 19.1 Å². The summed E-state index contributed by atoms with van der Waals surface area (Å²) in [5.74, 6) is 0. The van der Waals surface area contributed by atoms with Crippen molar-refractivity contribution in [2.24, 2.45) is 0 Å². The van der Waals surface area contributed by atoms with Crippen molar-refractivity contribution in [3.05, 3.63) is 42.4 Å². The van der Waals surface area contributed by atoms with Crippen LogP contribution in [0, 0.1) is 0 Å². The van der Waals surface area contributed by atoms with Crippen molar-refractivity contribution in [3.63, 3.8) is 0 Å². The molecular formula is C19H24N2O3. The smallest absolute Gasteiger partial charge is 0.0956 e. The van der Waals surface area contributed by atoms with Crippen molar-refractivity contribution in [2.75, 3.05) is 26.4 Å². The normalized spacial score (nSPS) is 25.6. The molecule has 2 aromatic rings. The SMILES string of the molecule is CC1(c2c(-c3ccccc3)ncn2CCC2(O)CCOC2)COC1. The van der Waals surface area contributed by atoms with Gasteiger partial charge in [0.2, 0.25) is 0 Å². The third-order valence-electron chi connectivity index (χ3n) is 5.20. The van der Waals surface area contributed by atoms with Crippen LogP contribution in [0.25, 0.3) is 11.3 Å². The summed E-state index contributed by atoms with van der Waals surface area (Å²) >= 11 is 0. The maximum atomic E-state index is 10.6. The summed E-state index contributed by atoms with van der Waals surface area (Å²) in [7, 11) is 0. The van der Waals surface area contributed by atoms with Crippen molar-refractivity contribution in [1.29, 1.82) is 0 Å². The molecule has 0 radical (unpaired) electrons. The van der Waals surface area contributed by atoms with E-state index in [1.165, 1.54) is 5.69 Å². The maximum Gasteiger partial charge on any atom is 0.0956 e. The van der Waals surface area contributed by atoms with E-state index < -0.39 is 5.60 Å². The Morgan fingerprint density at radius 2 is 1.96 bits per heavy atom. The first kappa shape index (κ1) is 15.8. The zero-order valence-electron chi connectivity index (χ0n) is 14.1. The van der Waals surface area contributed by atoms with E-state index in [1.807, 2.05) is 24.5 Å². The highest BCUT2D eigenvalue weighted by Crippen LogP contribution is 2.38. The monoisotopic (exact) mass is 328 g/mol.